The van der Waals surface area contributed by atoms with Crippen LogP contribution in [-0.2, 0) is 11.3 Å². The molecule has 1 aliphatic rings. The fourth-order valence-corrected chi connectivity index (χ4v) is 3.07. The van der Waals surface area contributed by atoms with E-state index < -0.39 is 0 Å². The van der Waals surface area contributed by atoms with Gasteiger partial charge in [0.05, 0.1) is 6.26 Å². The van der Waals surface area contributed by atoms with Crippen molar-refractivity contribution < 1.29 is 18.5 Å². The molecule has 0 aliphatic carbocycles. The number of nitrogens with one attached hydrogen (secondary N) is 1. The van der Waals surface area contributed by atoms with Crippen LogP contribution in [0, 0.1) is 0 Å². The van der Waals surface area contributed by atoms with E-state index in [-0.39, 0.29) is 42.5 Å². The van der Waals surface area contributed by atoms with Crippen LogP contribution in [0.3, 0.4) is 0 Å². The van der Waals surface area contributed by atoms with E-state index in [2.05, 4.69) is 25.3 Å². The van der Waals surface area contributed by atoms with E-state index in [9.17, 15) is 4.79 Å². The molecule has 0 spiro atoms. The van der Waals surface area contributed by atoms with Crippen molar-refractivity contribution in [3.05, 3.63) is 35.9 Å². The number of aromatic nitrogens is 2. The first-order valence-corrected chi connectivity index (χ1v) is 9.92. The molecule has 0 radical (unpaired) electrons. The highest BCUT2D eigenvalue weighted by molar-refractivity contribution is 14.0. The summed E-state index contributed by atoms with van der Waals surface area (Å²) in [7, 11) is 0. The Kier molecular flexibility index (Phi) is 9.56. The molecule has 30 heavy (non-hydrogen) atoms. The van der Waals surface area contributed by atoms with Gasteiger partial charge in [-0.05, 0) is 32.9 Å². The summed E-state index contributed by atoms with van der Waals surface area (Å²) in [6.07, 6.45) is 1.30. The number of nitrogens with zero attached hydrogens (tertiary/aromatic N) is 5. The lowest BCUT2D eigenvalue weighted by molar-refractivity contribution is 0.0657. The number of rotatable bonds is 7. The van der Waals surface area contributed by atoms with Crippen LogP contribution in [0.2, 0.25) is 0 Å². The van der Waals surface area contributed by atoms with Crippen LogP contribution in [0.1, 0.15) is 49.1 Å². The summed E-state index contributed by atoms with van der Waals surface area (Å²) in [5.74, 6) is 2.00. The Morgan fingerprint density at radius 3 is 2.67 bits per heavy atom. The Balaban J connectivity index is 0.00000320. The van der Waals surface area contributed by atoms with E-state index >= 15 is 0 Å². The first-order valence-electron chi connectivity index (χ1n) is 9.92. The normalized spacial score (nSPS) is 15.6. The maximum atomic E-state index is 12.4. The monoisotopic (exact) mass is 532 g/mol. The van der Waals surface area contributed by atoms with E-state index in [1.54, 1.807) is 17.0 Å². The lowest BCUT2D eigenvalue weighted by Gasteiger charge is -2.36. The minimum Gasteiger partial charge on any atom is -0.459 e. The SMILES string of the molecule is CCNC(=NCc1nc(C(C)OCC)no1)N1CCN(C(=O)c2ccco2)CC1.I. The average Bonchev–Trinajstić information content (AvgIpc) is 3.43. The molecule has 10 nitrogen and oxygen atoms in total. The third-order valence-corrected chi connectivity index (χ3v) is 4.56. The first-order chi connectivity index (χ1) is 14.1. The number of carbonyl (C=O) groups is 1. The summed E-state index contributed by atoms with van der Waals surface area (Å²) in [6.45, 7) is 9.97. The number of halogens is 1. The van der Waals surface area contributed by atoms with Crippen molar-refractivity contribution >= 4 is 35.8 Å². The third-order valence-electron chi connectivity index (χ3n) is 4.56. The fourth-order valence-electron chi connectivity index (χ4n) is 3.07. The number of amides is 1. The second-order valence-corrected chi connectivity index (χ2v) is 6.57. The largest absolute Gasteiger partial charge is 0.459 e. The fraction of sp³-hybridized carbons (Fsp3) is 0.579. The van der Waals surface area contributed by atoms with Crippen molar-refractivity contribution in [2.24, 2.45) is 4.99 Å². The number of aliphatic imine (C=N–C) groups is 1. The van der Waals surface area contributed by atoms with Crippen molar-refractivity contribution in [1.29, 1.82) is 0 Å². The van der Waals surface area contributed by atoms with Gasteiger partial charge in [-0.2, -0.15) is 4.98 Å². The summed E-state index contributed by atoms with van der Waals surface area (Å²) in [5.41, 5.74) is 0. The van der Waals surface area contributed by atoms with Gasteiger partial charge in [0.25, 0.3) is 5.91 Å². The first kappa shape index (κ1) is 24.1. The molecular weight excluding hydrogens is 503 g/mol. The summed E-state index contributed by atoms with van der Waals surface area (Å²) in [5, 5.41) is 7.24. The minimum atomic E-state index is -0.213. The maximum absolute atomic E-state index is 12.4. The molecule has 3 heterocycles. The molecule has 2 aromatic heterocycles. The topological polar surface area (TPSA) is 109 Å². The Morgan fingerprint density at radius 1 is 1.30 bits per heavy atom. The molecule has 1 fully saturated rings. The Labute approximate surface area is 193 Å². The van der Waals surface area contributed by atoms with Gasteiger partial charge in [-0.1, -0.05) is 5.16 Å². The molecule has 1 N–H and O–H groups in total. The van der Waals surface area contributed by atoms with Crippen molar-refractivity contribution in [3.8, 4) is 0 Å². The molecule has 11 heteroatoms. The van der Waals surface area contributed by atoms with Crippen LogP contribution in [0.4, 0.5) is 0 Å². The highest BCUT2D eigenvalue weighted by Gasteiger charge is 2.25. The molecule has 2 aromatic rings. The molecule has 166 valence electrons. The van der Waals surface area contributed by atoms with Gasteiger partial charge in [-0.15, -0.1) is 24.0 Å². The minimum absolute atomic E-state index is 0. The summed E-state index contributed by atoms with van der Waals surface area (Å²) >= 11 is 0. The number of piperazine rings is 1. The molecular formula is C19H29IN6O4. The van der Waals surface area contributed by atoms with E-state index in [1.807, 2.05) is 20.8 Å². The zero-order valence-corrected chi connectivity index (χ0v) is 19.9. The van der Waals surface area contributed by atoms with Crippen molar-refractivity contribution in [2.45, 2.75) is 33.4 Å². The standard InChI is InChI=1S/C19H28N6O4.HI/c1-4-20-19(21-13-16-22-17(23-29-16)14(3)27-5-2)25-10-8-24(9-11-25)18(26)15-7-6-12-28-15;/h6-7,12,14H,4-5,8-11,13H2,1-3H3,(H,20,21);1H. The van der Waals surface area contributed by atoms with Crippen LogP contribution in [-0.4, -0.2) is 71.1 Å². The lowest BCUT2D eigenvalue weighted by Crippen LogP contribution is -2.53. The predicted octanol–water partition coefficient (Wildman–Crippen LogP) is 2.30. The second-order valence-electron chi connectivity index (χ2n) is 6.57. The molecule has 1 unspecified atom stereocenters. The van der Waals surface area contributed by atoms with Gasteiger partial charge in [0.2, 0.25) is 5.89 Å². The number of guanidine groups is 1. The van der Waals surface area contributed by atoms with Crippen LogP contribution in [0.25, 0.3) is 0 Å². The van der Waals surface area contributed by atoms with Gasteiger partial charge in [-0.25, -0.2) is 4.99 Å². The lowest BCUT2D eigenvalue weighted by atomic mass is 10.3. The maximum Gasteiger partial charge on any atom is 0.289 e. The second kappa shape index (κ2) is 11.9. The van der Waals surface area contributed by atoms with Crippen LogP contribution in [0.15, 0.2) is 32.3 Å². The molecule has 0 saturated carbocycles. The Bertz CT molecular complexity index is 802. The number of furan rings is 1. The molecule has 0 aromatic carbocycles. The molecule has 1 aliphatic heterocycles. The van der Waals surface area contributed by atoms with Gasteiger partial charge in [0.1, 0.15) is 12.6 Å². The number of carbonyl (C=O) groups excluding carboxylic acids is 1. The van der Waals surface area contributed by atoms with Crippen LogP contribution < -0.4 is 5.32 Å². The quantitative estimate of drug-likeness (QED) is 0.329. The van der Waals surface area contributed by atoms with Gasteiger partial charge in [0, 0.05) is 39.3 Å². The Morgan fingerprint density at radius 2 is 2.03 bits per heavy atom. The van der Waals surface area contributed by atoms with Gasteiger partial charge >= 0.3 is 0 Å². The molecule has 3 rings (SSSR count). The van der Waals surface area contributed by atoms with Crippen molar-refractivity contribution in [1.82, 2.24) is 25.3 Å². The van der Waals surface area contributed by atoms with Gasteiger partial charge < -0.3 is 28.8 Å². The van der Waals surface area contributed by atoms with Crippen LogP contribution in [0.5, 0.6) is 0 Å². The summed E-state index contributed by atoms with van der Waals surface area (Å²) in [6, 6.07) is 3.41. The van der Waals surface area contributed by atoms with Crippen molar-refractivity contribution in [2.75, 3.05) is 39.3 Å². The zero-order valence-electron chi connectivity index (χ0n) is 17.5. The highest BCUT2D eigenvalue weighted by atomic mass is 127. The zero-order chi connectivity index (χ0) is 20.6. The number of ether oxygens (including phenoxy) is 1. The van der Waals surface area contributed by atoms with E-state index in [0.717, 1.165) is 12.5 Å². The smallest absolute Gasteiger partial charge is 0.289 e. The Hall–Kier alpha value is -2.15. The average molecular weight is 532 g/mol. The summed E-state index contributed by atoms with van der Waals surface area (Å²) in [4.78, 5) is 25.3. The highest BCUT2D eigenvalue weighted by Crippen LogP contribution is 2.13. The van der Waals surface area contributed by atoms with E-state index in [0.29, 0.717) is 50.3 Å². The predicted molar refractivity (Wildman–Crippen MR) is 121 cm³/mol. The van der Waals surface area contributed by atoms with E-state index in [1.165, 1.54) is 6.26 Å². The number of hydrogen-bond donors (Lipinski definition) is 1. The van der Waals surface area contributed by atoms with Gasteiger partial charge in [-0.3, -0.25) is 4.79 Å². The summed E-state index contributed by atoms with van der Waals surface area (Å²) < 4.78 is 16.0. The molecule has 1 saturated heterocycles. The third kappa shape index (κ3) is 6.17. The van der Waals surface area contributed by atoms with Gasteiger partial charge in [0.15, 0.2) is 17.5 Å². The molecule has 1 amide bonds. The number of hydrogen-bond acceptors (Lipinski definition) is 7. The molecule has 0 bridgehead atoms. The van der Waals surface area contributed by atoms with Crippen LogP contribution >= 0.6 is 24.0 Å². The van der Waals surface area contributed by atoms with E-state index in [4.69, 9.17) is 13.7 Å². The van der Waals surface area contributed by atoms with Crippen molar-refractivity contribution in [3.63, 3.8) is 0 Å². The molecule has 1 atom stereocenters.